The molecule has 0 aliphatic carbocycles. The topological polar surface area (TPSA) is 0 Å². The van der Waals surface area contributed by atoms with Crippen molar-refractivity contribution in [3.8, 4) is 0 Å². The zero-order valence-corrected chi connectivity index (χ0v) is 10.1. The number of hydrogen-bond acceptors (Lipinski definition) is 1. The van der Waals surface area contributed by atoms with Gasteiger partial charge in [0.1, 0.15) is 0 Å². The predicted octanol–water partition coefficient (Wildman–Crippen LogP) is 4.41. The van der Waals surface area contributed by atoms with Crippen LogP contribution in [0.25, 0.3) is 0 Å². The molecule has 0 heterocycles. The van der Waals surface area contributed by atoms with Gasteiger partial charge in [0, 0.05) is 5.75 Å². The molecule has 0 radical (unpaired) electrons. The normalized spacial score (nSPS) is 12.8. The van der Waals surface area contributed by atoms with Crippen molar-refractivity contribution in [1.29, 1.82) is 0 Å². The molecule has 1 unspecified atom stereocenters. The summed E-state index contributed by atoms with van der Waals surface area (Å²) >= 11 is 4.25. The molecule has 1 rings (SSSR count). The van der Waals surface area contributed by atoms with Crippen molar-refractivity contribution in [3.63, 3.8) is 0 Å². The van der Waals surface area contributed by atoms with Crippen LogP contribution in [0.15, 0.2) is 24.3 Å². The molecule has 0 aliphatic heterocycles. The van der Waals surface area contributed by atoms with Gasteiger partial charge >= 0.3 is 0 Å². The first kappa shape index (κ1) is 11.6. The molecule has 78 valence electrons. The highest BCUT2D eigenvalue weighted by Crippen LogP contribution is 2.21. The number of rotatable bonds is 5. The molecule has 0 N–H and O–H groups in total. The molecule has 0 aliphatic rings. The van der Waals surface area contributed by atoms with Crippen molar-refractivity contribution in [2.75, 3.05) is 0 Å². The number of hydrogen-bond donors (Lipinski definition) is 1. The van der Waals surface area contributed by atoms with Gasteiger partial charge in [0.15, 0.2) is 0 Å². The molecule has 0 aromatic heterocycles. The summed E-state index contributed by atoms with van der Waals surface area (Å²) in [5.41, 5.74) is 2.77. The third-order valence-electron chi connectivity index (χ3n) is 2.72. The molecule has 1 atom stereocenters. The highest BCUT2D eigenvalue weighted by Gasteiger charge is 2.03. The molecule has 0 saturated carbocycles. The number of thiol groups is 1. The third-order valence-corrected chi connectivity index (χ3v) is 3.09. The van der Waals surface area contributed by atoms with Crippen LogP contribution >= 0.6 is 12.6 Å². The Kier molecular flexibility index (Phi) is 5.10. The average Bonchev–Trinajstić information content (AvgIpc) is 2.26. The van der Waals surface area contributed by atoms with Crippen molar-refractivity contribution in [3.05, 3.63) is 35.4 Å². The van der Waals surface area contributed by atoms with E-state index in [4.69, 9.17) is 0 Å². The standard InChI is InChI=1S/C13H20S/c1-3-4-5-11(2)13-8-6-12(10-14)7-9-13/h6-9,11,14H,3-5,10H2,1-2H3. The van der Waals surface area contributed by atoms with Gasteiger partial charge in [-0.25, -0.2) is 0 Å². The monoisotopic (exact) mass is 208 g/mol. The minimum absolute atomic E-state index is 0.698. The Labute approximate surface area is 93.1 Å². The van der Waals surface area contributed by atoms with E-state index in [2.05, 4.69) is 50.7 Å². The average molecular weight is 208 g/mol. The van der Waals surface area contributed by atoms with Crippen LogP contribution in [0.2, 0.25) is 0 Å². The van der Waals surface area contributed by atoms with Crippen molar-refractivity contribution in [2.24, 2.45) is 0 Å². The maximum Gasteiger partial charge on any atom is 0.0154 e. The second-order valence-corrected chi connectivity index (χ2v) is 4.26. The van der Waals surface area contributed by atoms with Gasteiger partial charge < -0.3 is 0 Å². The zero-order chi connectivity index (χ0) is 10.4. The first-order valence-corrected chi connectivity index (χ1v) is 6.10. The van der Waals surface area contributed by atoms with Crippen molar-refractivity contribution >= 4 is 12.6 Å². The lowest BCUT2D eigenvalue weighted by Crippen LogP contribution is -1.93. The maximum atomic E-state index is 4.25. The summed E-state index contributed by atoms with van der Waals surface area (Å²) in [5.74, 6) is 1.53. The van der Waals surface area contributed by atoms with Crippen LogP contribution in [0.4, 0.5) is 0 Å². The fourth-order valence-corrected chi connectivity index (χ4v) is 1.84. The molecule has 1 aromatic carbocycles. The lowest BCUT2D eigenvalue weighted by Gasteiger charge is -2.11. The first-order valence-electron chi connectivity index (χ1n) is 5.47. The highest BCUT2D eigenvalue weighted by molar-refractivity contribution is 7.79. The Morgan fingerprint density at radius 3 is 2.36 bits per heavy atom. The molecule has 14 heavy (non-hydrogen) atoms. The smallest absolute Gasteiger partial charge is 0.0154 e. The van der Waals surface area contributed by atoms with E-state index in [9.17, 15) is 0 Å². The van der Waals surface area contributed by atoms with Crippen molar-refractivity contribution in [2.45, 2.75) is 44.8 Å². The van der Waals surface area contributed by atoms with E-state index in [1.807, 2.05) is 0 Å². The van der Waals surface area contributed by atoms with Crippen LogP contribution in [-0.4, -0.2) is 0 Å². The van der Waals surface area contributed by atoms with E-state index < -0.39 is 0 Å². The van der Waals surface area contributed by atoms with Gasteiger partial charge in [0.2, 0.25) is 0 Å². The van der Waals surface area contributed by atoms with Gasteiger partial charge in [0.05, 0.1) is 0 Å². The Morgan fingerprint density at radius 1 is 1.21 bits per heavy atom. The summed E-state index contributed by atoms with van der Waals surface area (Å²) < 4.78 is 0. The minimum atomic E-state index is 0.698. The van der Waals surface area contributed by atoms with Crippen LogP contribution in [0.1, 0.15) is 50.2 Å². The minimum Gasteiger partial charge on any atom is -0.175 e. The fraction of sp³-hybridized carbons (Fsp3) is 0.538. The van der Waals surface area contributed by atoms with Gasteiger partial charge in [-0.05, 0) is 23.5 Å². The van der Waals surface area contributed by atoms with E-state index in [-0.39, 0.29) is 0 Å². The molecular formula is C13H20S. The summed E-state index contributed by atoms with van der Waals surface area (Å²) in [6.07, 6.45) is 3.92. The van der Waals surface area contributed by atoms with Crippen LogP contribution in [-0.2, 0) is 5.75 Å². The predicted molar refractivity (Wildman–Crippen MR) is 67.1 cm³/mol. The summed E-state index contributed by atoms with van der Waals surface area (Å²) in [5, 5.41) is 0. The Hall–Kier alpha value is -0.430. The van der Waals surface area contributed by atoms with Crippen molar-refractivity contribution in [1.82, 2.24) is 0 Å². The molecule has 0 saturated heterocycles. The maximum absolute atomic E-state index is 4.25. The quantitative estimate of drug-likeness (QED) is 0.681. The van der Waals surface area contributed by atoms with Gasteiger partial charge in [-0.1, -0.05) is 51.0 Å². The summed E-state index contributed by atoms with van der Waals surface area (Å²) in [4.78, 5) is 0. The molecule has 0 bridgehead atoms. The van der Waals surface area contributed by atoms with E-state index >= 15 is 0 Å². The van der Waals surface area contributed by atoms with Gasteiger partial charge in [-0.2, -0.15) is 12.6 Å². The third kappa shape index (κ3) is 3.38. The molecule has 1 aromatic rings. The molecule has 0 spiro atoms. The second-order valence-electron chi connectivity index (χ2n) is 3.94. The van der Waals surface area contributed by atoms with Crippen LogP contribution in [0, 0.1) is 0 Å². The number of benzene rings is 1. The lowest BCUT2D eigenvalue weighted by atomic mass is 9.95. The summed E-state index contributed by atoms with van der Waals surface area (Å²) in [7, 11) is 0. The fourth-order valence-electron chi connectivity index (χ4n) is 1.63. The Balaban J connectivity index is 2.57. The van der Waals surface area contributed by atoms with Crippen LogP contribution < -0.4 is 0 Å². The lowest BCUT2D eigenvalue weighted by molar-refractivity contribution is 0.624. The van der Waals surface area contributed by atoms with Gasteiger partial charge in [0.25, 0.3) is 0 Å². The molecule has 0 amide bonds. The summed E-state index contributed by atoms with van der Waals surface area (Å²) in [6, 6.07) is 8.85. The molecule has 1 heteroatoms. The summed E-state index contributed by atoms with van der Waals surface area (Å²) in [6.45, 7) is 4.56. The molecule has 0 nitrogen and oxygen atoms in total. The van der Waals surface area contributed by atoms with E-state index in [0.29, 0.717) is 5.92 Å². The number of unbranched alkanes of at least 4 members (excludes halogenated alkanes) is 1. The van der Waals surface area contributed by atoms with Crippen LogP contribution in [0.3, 0.4) is 0 Å². The second kappa shape index (κ2) is 6.13. The van der Waals surface area contributed by atoms with Gasteiger partial charge in [-0.15, -0.1) is 0 Å². The van der Waals surface area contributed by atoms with Crippen LogP contribution in [0.5, 0.6) is 0 Å². The Bertz CT molecular complexity index is 250. The van der Waals surface area contributed by atoms with E-state index in [0.717, 1.165) is 5.75 Å². The van der Waals surface area contributed by atoms with E-state index in [1.54, 1.807) is 0 Å². The first-order chi connectivity index (χ1) is 6.77. The van der Waals surface area contributed by atoms with E-state index in [1.165, 1.54) is 30.4 Å². The molecular weight excluding hydrogens is 188 g/mol. The Morgan fingerprint density at radius 2 is 1.86 bits per heavy atom. The SMILES string of the molecule is CCCCC(C)c1ccc(CS)cc1. The van der Waals surface area contributed by atoms with Crippen molar-refractivity contribution < 1.29 is 0 Å². The van der Waals surface area contributed by atoms with Gasteiger partial charge in [-0.3, -0.25) is 0 Å². The zero-order valence-electron chi connectivity index (χ0n) is 9.16. The highest BCUT2D eigenvalue weighted by atomic mass is 32.1. The molecule has 0 fully saturated rings. The largest absolute Gasteiger partial charge is 0.175 e.